The summed E-state index contributed by atoms with van der Waals surface area (Å²) in [6.07, 6.45) is -0.859. The highest BCUT2D eigenvalue weighted by atomic mass is 19.1. The largest absolute Gasteiger partial charge is 0.489 e. The van der Waals surface area contributed by atoms with E-state index < -0.39 is 12.2 Å². The fourth-order valence-corrected chi connectivity index (χ4v) is 2.73. The normalized spacial score (nSPS) is 16.5. The molecule has 6 nitrogen and oxygen atoms in total. The van der Waals surface area contributed by atoms with Crippen molar-refractivity contribution < 1.29 is 23.5 Å². The Morgan fingerprint density at radius 2 is 2.04 bits per heavy atom. The van der Waals surface area contributed by atoms with Crippen LogP contribution in [0, 0.1) is 5.82 Å². The van der Waals surface area contributed by atoms with Crippen molar-refractivity contribution in [2.24, 2.45) is 0 Å². The van der Waals surface area contributed by atoms with Crippen LogP contribution in [0.2, 0.25) is 0 Å². The molecule has 0 aromatic heterocycles. The van der Waals surface area contributed by atoms with E-state index >= 15 is 0 Å². The first kappa shape index (κ1) is 17.7. The minimum absolute atomic E-state index is 0.104. The second kappa shape index (κ2) is 7.86. The molecular formula is C19H19FN2O4. The summed E-state index contributed by atoms with van der Waals surface area (Å²) in [5.74, 6) is 0.206. The Bertz CT molecular complexity index is 794. The smallest absolute Gasteiger partial charge is 0.407 e. The van der Waals surface area contributed by atoms with Crippen LogP contribution in [0.25, 0.3) is 0 Å². The lowest BCUT2D eigenvalue weighted by atomic mass is 10.2. The Morgan fingerprint density at radius 1 is 1.27 bits per heavy atom. The van der Waals surface area contributed by atoms with Crippen LogP contribution < -0.4 is 15.0 Å². The van der Waals surface area contributed by atoms with Crippen LogP contribution in [-0.4, -0.2) is 31.7 Å². The third-order valence-electron chi connectivity index (χ3n) is 4.01. The number of alkyl carbamates (subject to hydrolysis) is 1. The van der Waals surface area contributed by atoms with Crippen LogP contribution in [-0.2, 0) is 16.1 Å². The first-order valence-electron chi connectivity index (χ1n) is 8.21. The fourth-order valence-electron chi connectivity index (χ4n) is 2.73. The number of nitrogens with one attached hydrogen (secondary N) is 1. The van der Waals surface area contributed by atoms with Crippen LogP contribution in [0.4, 0.5) is 14.9 Å². The van der Waals surface area contributed by atoms with E-state index in [1.807, 2.05) is 0 Å². The van der Waals surface area contributed by atoms with Gasteiger partial charge in [0.05, 0.1) is 13.0 Å². The SMILES string of the molecule is CNC(=O)OC1CC(=O)N(c2ccc(OCc3cccc(F)c3)cc2)C1. The van der Waals surface area contributed by atoms with E-state index in [0.717, 1.165) is 5.56 Å². The topological polar surface area (TPSA) is 67.9 Å². The van der Waals surface area contributed by atoms with E-state index in [1.165, 1.54) is 19.2 Å². The average molecular weight is 358 g/mol. The van der Waals surface area contributed by atoms with Crippen LogP contribution in [0.3, 0.4) is 0 Å². The summed E-state index contributed by atoms with van der Waals surface area (Å²) in [6, 6.07) is 13.2. The van der Waals surface area contributed by atoms with Crippen LogP contribution in [0.1, 0.15) is 12.0 Å². The third-order valence-corrected chi connectivity index (χ3v) is 4.01. The molecule has 7 heteroatoms. The maximum atomic E-state index is 13.2. The highest BCUT2D eigenvalue weighted by Gasteiger charge is 2.33. The molecule has 0 radical (unpaired) electrons. The highest BCUT2D eigenvalue weighted by Crippen LogP contribution is 2.25. The van der Waals surface area contributed by atoms with Crippen molar-refractivity contribution in [3.05, 3.63) is 59.9 Å². The van der Waals surface area contributed by atoms with Gasteiger partial charge in [-0.25, -0.2) is 9.18 Å². The Kier molecular flexibility index (Phi) is 5.36. The van der Waals surface area contributed by atoms with Crippen LogP contribution >= 0.6 is 0 Å². The summed E-state index contributed by atoms with van der Waals surface area (Å²) in [5.41, 5.74) is 1.44. The predicted octanol–water partition coefficient (Wildman–Crippen LogP) is 2.87. The lowest BCUT2D eigenvalue weighted by molar-refractivity contribution is -0.117. The highest BCUT2D eigenvalue weighted by molar-refractivity contribution is 5.96. The number of ether oxygens (including phenoxy) is 2. The summed E-state index contributed by atoms with van der Waals surface area (Å²) >= 11 is 0. The quantitative estimate of drug-likeness (QED) is 0.892. The molecule has 0 saturated carbocycles. The Labute approximate surface area is 150 Å². The fraction of sp³-hybridized carbons (Fsp3) is 0.263. The second-order valence-electron chi connectivity index (χ2n) is 5.90. The first-order chi connectivity index (χ1) is 12.5. The Hall–Kier alpha value is -3.09. The van der Waals surface area contributed by atoms with Crippen molar-refractivity contribution in [3.8, 4) is 5.75 Å². The zero-order valence-electron chi connectivity index (χ0n) is 14.3. The van der Waals surface area contributed by atoms with Gasteiger partial charge in [-0.15, -0.1) is 0 Å². The van der Waals surface area contributed by atoms with Gasteiger partial charge in [0.2, 0.25) is 5.91 Å². The summed E-state index contributed by atoms with van der Waals surface area (Å²) < 4.78 is 23.9. The molecule has 1 unspecified atom stereocenters. The van der Waals surface area contributed by atoms with Gasteiger partial charge in [-0.1, -0.05) is 12.1 Å². The molecule has 2 amide bonds. The zero-order chi connectivity index (χ0) is 18.5. The molecule has 1 heterocycles. The monoisotopic (exact) mass is 358 g/mol. The molecule has 0 spiro atoms. The molecule has 1 aliphatic rings. The zero-order valence-corrected chi connectivity index (χ0v) is 14.3. The maximum Gasteiger partial charge on any atom is 0.407 e. The van der Waals surface area contributed by atoms with Crippen molar-refractivity contribution in [2.75, 3.05) is 18.5 Å². The van der Waals surface area contributed by atoms with Crippen LogP contribution in [0.5, 0.6) is 5.75 Å². The Balaban J connectivity index is 1.59. The standard InChI is InChI=1S/C19H19FN2O4/c1-21-19(24)26-17-10-18(23)22(11-17)15-5-7-16(8-6-15)25-12-13-3-2-4-14(20)9-13/h2-9,17H,10-12H2,1H3,(H,21,24). The van der Waals surface area contributed by atoms with Gasteiger partial charge in [-0.3, -0.25) is 4.79 Å². The molecule has 26 heavy (non-hydrogen) atoms. The van der Waals surface area contributed by atoms with Crippen LogP contribution in [0.15, 0.2) is 48.5 Å². The van der Waals surface area contributed by atoms with E-state index in [2.05, 4.69) is 5.32 Å². The van der Waals surface area contributed by atoms with Gasteiger partial charge in [0.1, 0.15) is 24.3 Å². The van der Waals surface area contributed by atoms with E-state index in [0.29, 0.717) is 18.0 Å². The predicted molar refractivity (Wildman–Crippen MR) is 93.5 cm³/mol. The minimum atomic E-state index is -0.550. The summed E-state index contributed by atoms with van der Waals surface area (Å²) in [7, 11) is 1.47. The molecular weight excluding hydrogens is 339 g/mol. The second-order valence-corrected chi connectivity index (χ2v) is 5.90. The van der Waals surface area contributed by atoms with Gasteiger partial charge in [0.25, 0.3) is 0 Å². The van der Waals surface area contributed by atoms with Gasteiger partial charge in [-0.2, -0.15) is 0 Å². The van der Waals surface area contributed by atoms with Gasteiger partial charge >= 0.3 is 6.09 Å². The molecule has 1 aliphatic heterocycles. The Morgan fingerprint density at radius 3 is 2.73 bits per heavy atom. The van der Waals surface area contributed by atoms with Crippen molar-refractivity contribution >= 4 is 17.7 Å². The minimum Gasteiger partial charge on any atom is -0.489 e. The van der Waals surface area contributed by atoms with Gasteiger partial charge < -0.3 is 19.7 Å². The average Bonchev–Trinajstić information content (AvgIpc) is 3.00. The number of halogens is 1. The number of hydrogen-bond donors (Lipinski definition) is 1. The lowest BCUT2D eigenvalue weighted by Gasteiger charge is -2.17. The molecule has 2 aromatic carbocycles. The van der Waals surface area contributed by atoms with Gasteiger partial charge in [-0.05, 0) is 42.0 Å². The number of rotatable bonds is 5. The molecule has 1 atom stereocenters. The van der Waals surface area contributed by atoms with E-state index in [9.17, 15) is 14.0 Å². The maximum absolute atomic E-state index is 13.2. The molecule has 2 aromatic rings. The van der Waals surface area contributed by atoms with E-state index in [4.69, 9.17) is 9.47 Å². The number of nitrogens with zero attached hydrogens (tertiary/aromatic N) is 1. The molecule has 1 saturated heterocycles. The summed E-state index contributed by atoms with van der Waals surface area (Å²) in [6.45, 7) is 0.567. The number of benzene rings is 2. The van der Waals surface area contributed by atoms with Crippen molar-refractivity contribution in [1.82, 2.24) is 5.32 Å². The number of carbonyl (C=O) groups excluding carboxylic acids is 2. The first-order valence-corrected chi connectivity index (χ1v) is 8.21. The lowest BCUT2D eigenvalue weighted by Crippen LogP contribution is -2.29. The van der Waals surface area contributed by atoms with Crippen molar-refractivity contribution in [2.45, 2.75) is 19.1 Å². The van der Waals surface area contributed by atoms with Crippen molar-refractivity contribution in [1.29, 1.82) is 0 Å². The van der Waals surface area contributed by atoms with Crippen molar-refractivity contribution in [3.63, 3.8) is 0 Å². The third kappa shape index (κ3) is 4.30. The van der Waals surface area contributed by atoms with E-state index in [1.54, 1.807) is 41.3 Å². The molecule has 1 N–H and O–H groups in total. The molecule has 3 rings (SSSR count). The number of amides is 2. The molecule has 0 bridgehead atoms. The molecule has 1 fully saturated rings. The van der Waals surface area contributed by atoms with Gasteiger partial charge in [0, 0.05) is 12.7 Å². The van der Waals surface area contributed by atoms with E-state index in [-0.39, 0.29) is 24.8 Å². The number of anilines is 1. The summed E-state index contributed by atoms with van der Waals surface area (Å²) in [4.78, 5) is 25.0. The summed E-state index contributed by atoms with van der Waals surface area (Å²) in [5, 5.41) is 2.37. The van der Waals surface area contributed by atoms with Gasteiger partial charge in [0.15, 0.2) is 0 Å². The molecule has 0 aliphatic carbocycles. The molecule has 136 valence electrons. The number of hydrogen-bond acceptors (Lipinski definition) is 4. The number of carbonyl (C=O) groups is 2.